The number of likely N-dealkylation sites (tertiary alicyclic amines) is 1. The number of hydrogen-bond acceptors (Lipinski definition) is 3. The van der Waals surface area contributed by atoms with Crippen LogP contribution < -0.4 is 0 Å². The first kappa shape index (κ1) is 16.4. The maximum Gasteiger partial charge on any atom is 0.312 e. The summed E-state index contributed by atoms with van der Waals surface area (Å²) in [6.07, 6.45) is 1.98. The maximum atomic E-state index is 12.9. The number of amides is 3. The topological polar surface area (TPSA) is 60.9 Å². The molecular weight excluding hydrogens is 313 g/mol. The third-order valence-corrected chi connectivity index (χ3v) is 4.47. The summed E-state index contributed by atoms with van der Waals surface area (Å²) in [4.78, 5) is 41.1. The van der Waals surface area contributed by atoms with E-state index in [1.807, 2.05) is 0 Å². The first-order valence-corrected chi connectivity index (χ1v) is 8.15. The van der Waals surface area contributed by atoms with E-state index in [9.17, 15) is 18.8 Å². The number of rotatable bonds is 4. The van der Waals surface area contributed by atoms with Gasteiger partial charge in [0.2, 0.25) is 5.91 Å². The third-order valence-electron chi connectivity index (χ3n) is 4.47. The van der Waals surface area contributed by atoms with E-state index in [2.05, 4.69) is 0 Å². The van der Waals surface area contributed by atoms with Crippen molar-refractivity contribution in [1.29, 1.82) is 0 Å². The van der Waals surface area contributed by atoms with Crippen LogP contribution in [0.15, 0.2) is 24.3 Å². The van der Waals surface area contributed by atoms with E-state index in [0.717, 1.165) is 31.5 Å². The fourth-order valence-electron chi connectivity index (χ4n) is 3.06. The minimum absolute atomic E-state index is 0.0328. The molecule has 3 rings (SSSR count). The Labute approximate surface area is 139 Å². The normalized spacial score (nSPS) is 18.5. The fraction of sp³-hybridized carbons (Fsp3) is 0.471. The Morgan fingerprint density at radius 2 is 1.50 bits per heavy atom. The zero-order chi connectivity index (χ0) is 17.1. The standard InChI is InChI=1S/C17H20FN3O3/c18-14-5-3-13(4-6-14)11-20-9-10-21(17(24)16(20)23)12-15(22)19-7-1-2-8-19/h3-6H,1-2,7-12H2. The second-order valence-electron chi connectivity index (χ2n) is 6.17. The van der Waals surface area contributed by atoms with Gasteiger partial charge in [0.15, 0.2) is 0 Å². The van der Waals surface area contributed by atoms with Crippen molar-refractivity contribution in [3.05, 3.63) is 35.6 Å². The molecule has 2 fully saturated rings. The molecule has 2 aliphatic rings. The molecule has 2 saturated heterocycles. The van der Waals surface area contributed by atoms with Crippen LogP contribution in [0.2, 0.25) is 0 Å². The molecule has 0 bridgehead atoms. The second-order valence-corrected chi connectivity index (χ2v) is 6.17. The second kappa shape index (κ2) is 6.98. The highest BCUT2D eigenvalue weighted by Crippen LogP contribution is 2.13. The largest absolute Gasteiger partial charge is 0.341 e. The Kier molecular flexibility index (Phi) is 4.78. The number of carbonyl (C=O) groups is 3. The molecule has 0 aliphatic carbocycles. The monoisotopic (exact) mass is 333 g/mol. The molecule has 0 aromatic heterocycles. The molecule has 3 amide bonds. The van der Waals surface area contributed by atoms with Crippen LogP contribution in [0.1, 0.15) is 18.4 Å². The van der Waals surface area contributed by atoms with E-state index in [4.69, 9.17) is 0 Å². The summed E-state index contributed by atoms with van der Waals surface area (Å²) in [6.45, 7) is 2.39. The molecule has 1 aromatic carbocycles. The van der Waals surface area contributed by atoms with Gasteiger partial charge in [-0.3, -0.25) is 14.4 Å². The lowest BCUT2D eigenvalue weighted by atomic mass is 10.2. The van der Waals surface area contributed by atoms with Gasteiger partial charge in [-0.15, -0.1) is 0 Å². The highest BCUT2D eigenvalue weighted by molar-refractivity contribution is 6.35. The molecule has 0 N–H and O–H groups in total. The zero-order valence-corrected chi connectivity index (χ0v) is 13.4. The van der Waals surface area contributed by atoms with Gasteiger partial charge in [-0.1, -0.05) is 12.1 Å². The van der Waals surface area contributed by atoms with Gasteiger partial charge in [0.1, 0.15) is 12.4 Å². The summed E-state index contributed by atoms with van der Waals surface area (Å²) in [7, 11) is 0. The van der Waals surface area contributed by atoms with E-state index in [1.165, 1.54) is 21.9 Å². The molecule has 7 heteroatoms. The van der Waals surface area contributed by atoms with Gasteiger partial charge < -0.3 is 14.7 Å². The van der Waals surface area contributed by atoms with Crippen LogP contribution in [0.3, 0.4) is 0 Å². The summed E-state index contributed by atoms with van der Waals surface area (Å²) >= 11 is 0. The van der Waals surface area contributed by atoms with Crippen LogP contribution in [0, 0.1) is 5.82 Å². The summed E-state index contributed by atoms with van der Waals surface area (Å²) in [5.74, 6) is -1.69. The smallest absolute Gasteiger partial charge is 0.312 e. The average molecular weight is 333 g/mol. The molecule has 0 atom stereocenters. The summed E-state index contributed by atoms with van der Waals surface area (Å²) < 4.78 is 12.9. The van der Waals surface area contributed by atoms with Crippen molar-refractivity contribution in [2.24, 2.45) is 0 Å². The molecule has 0 unspecified atom stereocenters. The van der Waals surface area contributed by atoms with Crippen LogP contribution in [0.4, 0.5) is 4.39 Å². The average Bonchev–Trinajstić information content (AvgIpc) is 3.11. The number of nitrogens with zero attached hydrogens (tertiary/aromatic N) is 3. The van der Waals surface area contributed by atoms with Crippen LogP contribution in [-0.4, -0.2) is 65.1 Å². The van der Waals surface area contributed by atoms with E-state index in [0.29, 0.717) is 13.1 Å². The minimum Gasteiger partial charge on any atom is -0.341 e. The highest BCUT2D eigenvalue weighted by atomic mass is 19.1. The Morgan fingerprint density at radius 3 is 2.17 bits per heavy atom. The number of hydrogen-bond donors (Lipinski definition) is 0. The lowest BCUT2D eigenvalue weighted by Crippen LogP contribution is -2.56. The van der Waals surface area contributed by atoms with Crippen molar-refractivity contribution < 1.29 is 18.8 Å². The molecule has 0 saturated carbocycles. The molecular formula is C17H20FN3O3. The molecule has 24 heavy (non-hydrogen) atoms. The van der Waals surface area contributed by atoms with Crippen molar-refractivity contribution >= 4 is 17.7 Å². The summed E-state index contributed by atoms with van der Waals surface area (Å²) in [6, 6.07) is 5.84. The number of carbonyl (C=O) groups excluding carboxylic acids is 3. The van der Waals surface area contributed by atoms with Gasteiger partial charge in [0.25, 0.3) is 0 Å². The Bertz CT molecular complexity index is 641. The molecule has 2 aliphatic heterocycles. The summed E-state index contributed by atoms with van der Waals surface area (Å²) in [5.41, 5.74) is 0.763. The maximum absolute atomic E-state index is 12.9. The highest BCUT2D eigenvalue weighted by Gasteiger charge is 2.34. The SMILES string of the molecule is O=C(CN1CCN(Cc2ccc(F)cc2)C(=O)C1=O)N1CCCC1. The van der Waals surface area contributed by atoms with Gasteiger partial charge in [0, 0.05) is 32.7 Å². The predicted octanol–water partition coefficient (Wildman–Crippen LogP) is 0.619. The first-order valence-electron chi connectivity index (χ1n) is 8.15. The van der Waals surface area contributed by atoms with Gasteiger partial charge in [-0.25, -0.2) is 4.39 Å². The van der Waals surface area contributed by atoms with E-state index >= 15 is 0 Å². The van der Waals surface area contributed by atoms with Crippen LogP contribution in [0.25, 0.3) is 0 Å². The van der Waals surface area contributed by atoms with E-state index in [1.54, 1.807) is 17.0 Å². The van der Waals surface area contributed by atoms with Gasteiger partial charge in [0.05, 0.1) is 0 Å². The molecule has 0 radical (unpaired) electrons. The lowest BCUT2D eigenvalue weighted by molar-refractivity contribution is -0.158. The van der Waals surface area contributed by atoms with Crippen molar-refractivity contribution in [1.82, 2.24) is 14.7 Å². The van der Waals surface area contributed by atoms with Gasteiger partial charge in [-0.2, -0.15) is 0 Å². The van der Waals surface area contributed by atoms with Crippen molar-refractivity contribution in [2.45, 2.75) is 19.4 Å². The van der Waals surface area contributed by atoms with E-state index < -0.39 is 11.8 Å². The molecule has 0 spiro atoms. The van der Waals surface area contributed by atoms with Gasteiger partial charge >= 0.3 is 11.8 Å². The van der Waals surface area contributed by atoms with Crippen LogP contribution >= 0.6 is 0 Å². The molecule has 6 nitrogen and oxygen atoms in total. The Balaban J connectivity index is 1.57. The number of benzene rings is 1. The Morgan fingerprint density at radius 1 is 0.917 bits per heavy atom. The minimum atomic E-state index is -0.643. The molecule has 2 heterocycles. The molecule has 128 valence electrons. The zero-order valence-electron chi connectivity index (χ0n) is 13.4. The van der Waals surface area contributed by atoms with E-state index in [-0.39, 0.29) is 24.8 Å². The molecule has 1 aromatic rings. The summed E-state index contributed by atoms with van der Waals surface area (Å²) in [5, 5.41) is 0. The quantitative estimate of drug-likeness (QED) is 0.759. The van der Waals surface area contributed by atoms with Crippen molar-refractivity contribution in [3.63, 3.8) is 0 Å². The fourth-order valence-corrected chi connectivity index (χ4v) is 3.06. The van der Waals surface area contributed by atoms with Crippen molar-refractivity contribution in [3.8, 4) is 0 Å². The van der Waals surface area contributed by atoms with Crippen LogP contribution in [-0.2, 0) is 20.9 Å². The lowest BCUT2D eigenvalue weighted by Gasteiger charge is -2.34. The van der Waals surface area contributed by atoms with Gasteiger partial charge in [-0.05, 0) is 30.5 Å². The van der Waals surface area contributed by atoms with Crippen LogP contribution in [0.5, 0.6) is 0 Å². The predicted molar refractivity (Wildman–Crippen MR) is 84.2 cm³/mol. The Hall–Kier alpha value is -2.44. The third kappa shape index (κ3) is 3.55. The first-order chi connectivity index (χ1) is 11.5. The van der Waals surface area contributed by atoms with Crippen molar-refractivity contribution in [2.75, 3.05) is 32.7 Å². The number of piperazine rings is 1. The number of halogens is 1.